The van der Waals surface area contributed by atoms with Crippen molar-refractivity contribution in [1.82, 2.24) is 0 Å². The number of ether oxygens (including phenoxy) is 2. The Morgan fingerprint density at radius 1 is 0.787 bits per heavy atom. The molecule has 0 aliphatic carbocycles. The summed E-state index contributed by atoms with van der Waals surface area (Å²) in [6, 6.07) is 36.7. The van der Waals surface area contributed by atoms with Crippen LogP contribution in [0.15, 0.2) is 114 Å². The van der Waals surface area contributed by atoms with Gasteiger partial charge in [0.1, 0.15) is 11.5 Å². The van der Waals surface area contributed by atoms with Crippen molar-refractivity contribution in [2.75, 3.05) is 74.8 Å². The third-order valence-corrected chi connectivity index (χ3v) is 8.88. The number of rotatable bonds is 9. The first-order valence-electron chi connectivity index (χ1n) is 17.8. The second-order valence-electron chi connectivity index (χ2n) is 13.6. The third kappa shape index (κ3) is 28.0. The zero-order chi connectivity index (χ0) is 42.0. The van der Waals surface area contributed by atoms with E-state index in [1.165, 1.54) is 29.6 Å². The number of carbonyl (C=O) groups excluding carboxylic acids is 1. The molecule has 4 aromatic carbocycles. The largest absolute Gasteiger partial charge is 1.00 e. The van der Waals surface area contributed by atoms with Crippen molar-refractivity contribution in [2.45, 2.75) is 35.1 Å². The van der Waals surface area contributed by atoms with E-state index in [9.17, 15) is 0 Å². The Morgan fingerprint density at radius 2 is 1.20 bits per heavy atom. The third-order valence-electron chi connectivity index (χ3n) is 8.38. The van der Waals surface area contributed by atoms with Crippen LogP contribution in [0.1, 0.15) is 36.5 Å². The normalized spacial score (nSPS) is 15.9. The molecule has 0 radical (unpaired) electrons. The summed E-state index contributed by atoms with van der Waals surface area (Å²) in [6.45, 7) is 6.82. The van der Waals surface area contributed by atoms with E-state index in [2.05, 4.69) is 90.5 Å². The molecule has 2 heterocycles. The molecule has 0 saturated carbocycles. The van der Waals surface area contributed by atoms with Crippen LogP contribution in [0.25, 0.3) is 11.1 Å². The molecule has 2 aliphatic rings. The van der Waals surface area contributed by atoms with Gasteiger partial charge in [0.15, 0.2) is 0 Å². The molecular formula is C43H65BBrK2N2O11Pd+. The Kier molecular flexibility index (Phi) is 43.6. The summed E-state index contributed by atoms with van der Waals surface area (Å²) in [5.74, 6) is 0.107. The van der Waals surface area contributed by atoms with Crippen LogP contribution in [0.2, 0.25) is 0 Å². The quantitative estimate of drug-likeness (QED) is 0.0797. The van der Waals surface area contributed by atoms with Crippen LogP contribution in [0.4, 0.5) is 0 Å². The number of benzene rings is 4. The monoisotopic (exact) mass is 1060 g/mol. The number of quaternary nitrogens is 2. The summed E-state index contributed by atoms with van der Waals surface area (Å²) in [4.78, 5) is 29.2. The Labute approximate surface area is 473 Å². The number of carboxylic acids is 2. The van der Waals surface area contributed by atoms with Crippen molar-refractivity contribution in [3.05, 3.63) is 114 Å². The molecule has 2 N–H and O–H groups in total. The average Bonchev–Trinajstić information content (AvgIpc) is 3.71. The fourth-order valence-electron chi connectivity index (χ4n) is 6.09. The van der Waals surface area contributed by atoms with E-state index in [1.807, 2.05) is 60.7 Å². The van der Waals surface area contributed by atoms with E-state index in [4.69, 9.17) is 48.6 Å². The maximum atomic E-state index is 9.00. The summed E-state index contributed by atoms with van der Waals surface area (Å²) in [5.41, 5.74) is 3.63. The molecule has 0 aromatic heterocycles. The molecule has 0 unspecified atom stereocenters. The molecule has 2 saturated heterocycles. The van der Waals surface area contributed by atoms with Crippen molar-refractivity contribution in [1.29, 1.82) is 0 Å². The standard InChI is InChI=1S/C16H28BN2O2.C13H12O.C7H7BrO.2C2H4O2.CH2O3.2CH4.2K.Pd.H/c1-18(2,3)10-7-11-19-12-14-20-17(19,21-15-13-19)16-8-5-4-6-9-16;1-14-13-9-5-8-12(10-13)11-6-3-2-4-7-11;1-9-7-4-2-3-6(8)5-7;2*1-2(3)4;2-1-4-3;;;;;;/h4-6,8-9H,7,10-15H2,1-3H3;2-10H,1H3;2-5H,1H3;2*1H3,(H,3,4);1,3H;2*1H4;;;;/q+1;;;;;;;;2*+1;;-1/p-1. The second kappa shape index (κ2) is 38.4. The number of halogens is 1. The van der Waals surface area contributed by atoms with Gasteiger partial charge in [-0.05, 0) is 41.5 Å². The molecule has 2 aliphatic heterocycles. The predicted molar refractivity (Wildman–Crippen MR) is 234 cm³/mol. The van der Waals surface area contributed by atoms with Crippen LogP contribution >= 0.6 is 15.9 Å². The van der Waals surface area contributed by atoms with Gasteiger partial charge >= 0.3 is 109 Å². The van der Waals surface area contributed by atoms with Crippen molar-refractivity contribution >= 4 is 46.5 Å². The van der Waals surface area contributed by atoms with E-state index in [0.29, 0.717) is 0 Å². The van der Waals surface area contributed by atoms with Crippen LogP contribution in [0.3, 0.4) is 0 Å². The van der Waals surface area contributed by atoms with Crippen molar-refractivity contribution in [3.63, 3.8) is 0 Å². The summed E-state index contributed by atoms with van der Waals surface area (Å²) >= 11 is 3.32. The van der Waals surface area contributed by atoms with Gasteiger partial charge in [0.25, 0.3) is 18.4 Å². The summed E-state index contributed by atoms with van der Waals surface area (Å²) in [6.07, 6.45) is 1.21. The van der Waals surface area contributed by atoms with Gasteiger partial charge in [-0.15, -0.1) is 0 Å². The van der Waals surface area contributed by atoms with Gasteiger partial charge in [0.2, 0.25) is 0 Å². The average molecular weight is 1060 g/mol. The molecule has 0 amide bonds. The minimum absolute atomic E-state index is 0. The van der Waals surface area contributed by atoms with E-state index in [0.717, 1.165) is 71.5 Å². The van der Waals surface area contributed by atoms with Gasteiger partial charge in [-0.3, -0.25) is 14.4 Å². The number of hydrogen-bond acceptors (Lipinski definition) is 9. The zero-order valence-electron chi connectivity index (χ0n) is 36.7. The molecule has 334 valence electrons. The number of aliphatic carboxylic acids is 2. The second-order valence-corrected chi connectivity index (χ2v) is 14.5. The molecule has 13 nitrogen and oxygen atoms in total. The van der Waals surface area contributed by atoms with Gasteiger partial charge in [0, 0.05) is 51.7 Å². The SMILES string of the molecule is C.C.CC(=O)O.CC(=O)O.COc1cccc(-c2ccccc2)c1.COc1cccc(Br)c1.C[N+](C)(C)CCC[N+]12CCO[B-]1(c1ccccc1)OCC2.O=CO[O-].[H-].[K+].[K+].[Pd]. The topological polar surface area (TPSA) is 161 Å². The van der Waals surface area contributed by atoms with Gasteiger partial charge < -0.3 is 49.4 Å². The first kappa shape index (κ1) is 69.2. The zero-order valence-corrected chi connectivity index (χ0v) is 45.0. The van der Waals surface area contributed by atoms with E-state index in [1.54, 1.807) is 14.2 Å². The molecule has 6 rings (SSSR count). The molecule has 61 heavy (non-hydrogen) atoms. The predicted octanol–water partition coefficient (Wildman–Crippen LogP) is 0.633. The molecule has 0 atom stereocenters. The van der Waals surface area contributed by atoms with Gasteiger partial charge in [-0.2, -0.15) is 0 Å². The smallest absolute Gasteiger partial charge is 1.00 e. The number of fused-ring (bicyclic) bond motifs is 1. The molecule has 18 heteroatoms. The summed E-state index contributed by atoms with van der Waals surface area (Å²) in [5, 5.41) is 23.3. The number of carboxylic acid groups (broad SMARTS) is 2. The van der Waals surface area contributed by atoms with Gasteiger partial charge in [-0.1, -0.05) is 115 Å². The Balaban J connectivity index is -0.000000168. The van der Waals surface area contributed by atoms with E-state index >= 15 is 0 Å². The molecule has 0 bridgehead atoms. The van der Waals surface area contributed by atoms with Crippen LogP contribution in [0, 0.1) is 0 Å². The Bertz CT molecular complexity index is 1710. The number of hydrogen-bond donors (Lipinski definition) is 2. The molecule has 0 spiro atoms. The Morgan fingerprint density at radius 3 is 1.59 bits per heavy atom. The number of methoxy groups -OCH3 is 2. The maximum absolute atomic E-state index is 9.00. The Hall–Kier alpha value is -0.830. The van der Waals surface area contributed by atoms with Crippen LogP contribution in [0.5, 0.6) is 11.5 Å². The van der Waals surface area contributed by atoms with Crippen LogP contribution < -0.4 is 123 Å². The van der Waals surface area contributed by atoms with Gasteiger partial charge in [0.05, 0.1) is 68.2 Å². The molecular weight excluding hydrogens is 996 g/mol. The maximum Gasteiger partial charge on any atom is 1.00 e. The molecule has 4 aromatic rings. The first-order chi connectivity index (χ1) is 26.6. The van der Waals surface area contributed by atoms with E-state index < -0.39 is 18.6 Å². The number of nitrogens with zero attached hydrogens (tertiary/aromatic N) is 2. The molecule has 2 fully saturated rings. The fourth-order valence-corrected chi connectivity index (χ4v) is 6.47. The van der Waals surface area contributed by atoms with Crippen LogP contribution in [-0.4, -0.2) is 119 Å². The van der Waals surface area contributed by atoms with E-state index in [-0.39, 0.29) is 146 Å². The minimum atomic E-state index is -1.33. The summed E-state index contributed by atoms with van der Waals surface area (Å²) in [7, 11) is 10.1. The van der Waals surface area contributed by atoms with Gasteiger partial charge in [-0.25, -0.2) is 0 Å². The van der Waals surface area contributed by atoms with Crippen molar-refractivity contribution in [2.24, 2.45) is 0 Å². The van der Waals surface area contributed by atoms with Crippen molar-refractivity contribution in [3.8, 4) is 22.6 Å². The minimum Gasteiger partial charge on any atom is -1.00 e. The summed E-state index contributed by atoms with van der Waals surface area (Å²) < 4.78 is 25.7. The first-order valence-corrected chi connectivity index (χ1v) is 18.6. The van der Waals surface area contributed by atoms with Crippen LogP contribution in [-0.2, 0) is 49.0 Å². The number of carbonyl (C=O) groups is 3. The fraction of sp³-hybridized carbons (Fsp3) is 0.372. The van der Waals surface area contributed by atoms with Crippen molar-refractivity contribution < 1.29 is 187 Å².